The molecule has 6 heteroatoms. The fraction of sp³-hybridized carbons (Fsp3) is 0.348. The van der Waals surface area contributed by atoms with Gasteiger partial charge in [-0.1, -0.05) is 30.3 Å². The van der Waals surface area contributed by atoms with E-state index in [-0.39, 0.29) is 11.4 Å². The van der Waals surface area contributed by atoms with Crippen molar-refractivity contribution in [2.75, 3.05) is 5.32 Å². The summed E-state index contributed by atoms with van der Waals surface area (Å²) in [5.41, 5.74) is 3.11. The Morgan fingerprint density at radius 1 is 1.17 bits per heavy atom. The lowest BCUT2D eigenvalue weighted by atomic mass is 10.1. The average Bonchev–Trinajstić information content (AvgIpc) is 3.44. The van der Waals surface area contributed by atoms with Crippen molar-refractivity contribution in [1.82, 2.24) is 14.8 Å². The summed E-state index contributed by atoms with van der Waals surface area (Å²) < 4.78 is 7.67. The van der Waals surface area contributed by atoms with Crippen LogP contribution in [0.2, 0.25) is 0 Å². The smallest absolute Gasteiger partial charge is 0.276 e. The summed E-state index contributed by atoms with van der Waals surface area (Å²) in [6.45, 7) is 6.76. The summed E-state index contributed by atoms with van der Waals surface area (Å²) in [6, 6.07) is 15.4. The minimum atomic E-state index is -0.227. The molecule has 1 aliphatic carbocycles. The number of aromatic nitrogens is 3. The molecule has 1 fully saturated rings. The predicted octanol–water partition coefficient (Wildman–Crippen LogP) is 4.74. The molecule has 0 aliphatic heterocycles. The molecule has 0 spiro atoms. The maximum atomic E-state index is 12.7. The van der Waals surface area contributed by atoms with Crippen LogP contribution in [0.1, 0.15) is 61.3 Å². The van der Waals surface area contributed by atoms with Gasteiger partial charge in [-0.05, 0) is 51.3 Å². The molecule has 1 N–H and O–H groups in total. The van der Waals surface area contributed by atoms with Crippen molar-refractivity contribution >= 4 is 11.6 Å². The molecular weight excluding hydrogens is 364 g/mol. The number of carbonyl (C=O) groups is 1. The Kier molecular flexibility index (Phi) is 5.09. The van der Waals surface area contributed by atoms with E-state index in [1.165, 1.54) is 0 Å². The number of pyridine rings is 1. The van der Waals surface area contributed by atoms with Crippen molar-refractivity contribution in [2.24, 2.45) is 0 Å². The lowest BCUT2D eigenvalue weighted by Gasteiger charge is -2.22. The summed E-state index contributed by atoms with van der Waals surface area (Å²) in [7, 11) is 0. The number of hydrogen-bond acceptors (Lipinski definition) is 4. The van der Waals surface area contributed by atoms with Crippen molar-refractivity contribution in [2.45, 2.75) is 51.7 Å². The second kappa shape index (κ2) is 7.70. The summed E-state index contributed by atoms with van der Waals surface area (Å²) in [4.78, 5) is 17.0. The number of amides is 1. The Labute approximate surface area is 170 Å². The standard InChI is InChI=1S/C23H26N4O2/c1-23(2,3)27-20(17-9-10-17)13-19(26-27)22(28)25-18-11-12-21(24-14-18)29-15-16-7-5-4-6-8-16/h4-8,11-14,17H,9-10,15H2,1-3H3,(H,25,28). The Morgan fingerprint density at radius 2 is 1.93 bits per heavy atom. The quantitative estimate of drug-likeness (QED) is 0.660. The normalized spacial score (nSPS) is 13.9. The minimum Gasteiger partial charge on any atom is -0.473 e. The number of benzene rings is 1. The first-order valence-corrected chi connectivity index (χ1v) is 9.95. The van der Waals surface area contributed by atoms with E-state index in [9.17, 15) is 4.79 Å². The van der Waals surface area contributed by atoms with Crippen LogP contribution in [-0.4, -0.2) is 20.7 Å². The first kappa shape index (κ1) is 19.2. The van der Waals surface area contributed by atoms with Crippen molar-refractivity contribution in [3.8, 4) is 5.88 Å². The van der Waals surface area contributed by atoms with Crippen LogP contribution in [-0.2, 0) is 12.1 Å². The van der Waals surface area contributed by atoms with E-state index >= 15 is 0 Å². The molecule has 1 saturated carbocycles. The number of nitrogens with one attached hydrogen (secondary N) is 1. The number of rotatable bonds is 6. The van der Waals surface area contributed by atoms with Gasteiger partial charge in [0, 0.05) is 17.7 Å². The Hall–Kier alpha value is -3.15. The van der Waals surface area contributed by atoms with Crippen LogP contribution in [0, 0.1) is 0 Å². The summed E-state index contributed by atoms with van der Waals surface area (Å²) in [5.74, 6) is 0.806. The van der Waals surface area contributed by atoms with E-state index in [2.05, 4.69) is 36.2 Å². The predicted molar refractivity (Wildman–Crippen MR) is 112 cm³/mol. The number of hydrogen-bond donors (Lipinski definition) is 1. The maximum absolute atomic E-state index is 12.7. The second-order valence-electron chi connectivity index (χ2n) is 8.42. The van der Waals surface area contributed by atoms with Gasteiger partial charge in [0.1, 0.15) is 6.61 Å². The fourth-order valence-corrected chi connectivity index (χ4v) is 3.18. The molecule has 0 unspecified atom stereocenters. The molecule has 6 nitrogen and oxygen atoms in total. The third-order valence-electron chi connectivity index (χ3n) is 4.82. The monoisotopic (exact) mass is 390 g/mol. The third kappa shape index (κ3) is 4.65. The molecule has 150 valence electrons. The summed E-state index contributed by atoms with van der Waals surface area (Å²) in [5, 5.41) is 7.46. The molecule has 0 atom stereocenters. The zero-order valence-electron chi connectivity index (χ0n) is 17.1. The highest BCUT2D eigenvalue weighted by molar-refractivity contribution is 6.02. The van der Waals surface area contributed by atoms with Gasteiger partial charge < -0.3 is 10.1 Å². The SMILES string of the molecule is CC(C)(C)n1nc(C(=O)Nc2ccc(OCc3ccccc3)nc2)cc1C1CC1. The molecule has 3 aromatic rings. The van der Waals surface area contributed by atoms with Gasteiger partial charge in [0.25, 0.3) is 5.91 Å². The molecule has 4 rings (SSSR count). The summed E-state index contributed by atoms with van der Waals surface area (Å²) in [6.07, 6.45) is 3.93. The third-order valence-corrected chi connectivity index (χ3v) is 4.82. The van der Waals surface area contributed by atoms with Gasteiger partial charge in [0.15, 0.2) is 5.69 Å². The first-order chi connectivity index (χ1) is 13.9. The van der Waals surface area contributed by atoms with Crippen molar-refractivity contribution < 1.29 is 9.53 Å². The minimum absolute atomic E-state index is 0.157. The van der Waals surface area contributed by atoms with Gasteiger partial charge in [0.2, 0.25) is 5.88 Å². The first-order valence-electron chi connectivity index (χ1n) is 9.95. The van der Waals surface area contributed by atoms with Gasteiger partial charge in [-0.25, -0.2) is 4.98 Å². The van der Waals surface area contributed by atoms with E-state index in [1.807, 2.05) is 41.1 Å². The van der Waals surface area contributed by atoms with Crippen LogP contribution in [0.5, 0.6) is 5.88 Å². The average molecular weight is 390 g/mol. The van der Waals surface area contributed by atoms with Crippen LogP contribution in [0.15, 0.2) is 54.7 Å². The van der Waals surface area contributed by atoms with Gasteiger partial charge in [-0.2, -0.15) is 5.10 Å². The Morgan fingerprint density at radius 3 is 2.55 bits per heavy atom. The van der Waals surface area contributed by atoms with Gasteiger partial charge >= 0.3 is 0 Å². The largest absolute Gasteiger partial charge is 0.473 e. The van der Waals surface area contributed by atoms with Crippen LogP contribution >= 0.6 is 0 Å². The number of carbonyl (C=O) groups excluding carboxylic acids is 1. The molecule has 0 saturated heterocycles. The maximum Gasteiger partial charge on any atom is 0.276 e. The second-order valence-corrected chi connectivity index (χ2v) is 8.42. The van der Waals surface area contributed by atoms with Crippen molar-refractivity contribution in [3.63, 3.8) is 0 Å². The molecule has 2 aromatic heterocycles. The van der Waals surface area contributed by atoms with Crippen molar-refractivity contribution in [3.05, 3.63) is 71.7 Å². The number of nitrogens with zero attached hydrogens (tertiary/aromatic N) is 3. The number of ether oxygens (including phenoxy) is 1. The van der Waals surface area contributed by atoms with E-state index in [0.29, 0.717) is 29.8 Å². The van der Waals surface area contributed by atoms with Crippen LogP contribution in [0.4, 0.5) is 5.69 Å². The Balaban J connectivity index is 1.41. The van der Waals surface area contributed by atoms with E-state index in [0.717, 1.165) is 24.1 Å². The lowest BCUT2D eigenvalue weighted by Crippen LogP contribution is -2.25. The van der Waals surface area contributed by atoms with E-state index in [4.69, 9.17) is 4.74 Å². The highest BCUT2D eigenvalue weighted by atomic mass is 16.5. The zero-order chi connectivity index (χ0) is 20.4. The molecule has 0 bridgehead atoms. The molecule has 1 aliphatic rings. The molecule has 1 amide bonds. The molecular formula is C23H26N4O2. The fourth-order valence-electron chi connectivity index (χ4n) is 3.18. The van der Waals surface area contributed by atoms with E-state index in [1.54, 1.807) is 18.3 Å². The van der Waals surface area contributed by atoms with Crippen LogP contribution < -0.4 is 10.1 Å². The topological polar surface area (TPSA) is 69.0 Å². The zero-order valence-corrected chi connectivity index (χ0v) is 17.1. The molecule has 1 aromatic carbocycles. The molecule has 29 heavy (non-hydrogen) atoms. The van der Waals surface area contributed by atoms with Crippen molar-refractivity contribution in [1.29, 1.82) is 0 Å². The highest BCUT2D eigenvalue weighted by Crippen LogP contribution is 2.41. The van der Waals surface area contributed by atoms with Gasteiger partial charge in [0.05, 0.1) is 17.4 Å². The molecule has 2 heterocycles. The van der Waals surface area contributed by atoms with E-state index < -0.39 is 0 Å². The van der Waals surface area contributed by atoms with Crippen LogP contribution in [0.3, 0.4) is 0 Å². The lowest BCUT2D eigenvalue weighted by molar-refractivity contribution is 0.102. The van der Waals surface area contributed by atoms with Gasteiger partial charge in [-0.15, -0.1) is 0 Å². The summed E-state index contributed by atoms with van der Waals surface area (Å²) >= 11 is 0. The Bertz CT molecular complexity index is 984. The highest BCUT2D eigenvalue weighted by Gasteiger charge is 2.32. The van der Waals surface area contributed by atoms with Crippen LogP contribution in [0.25, 0.3) is 0 Å². The molecule has 0 radical (unpaired) electrons. The van der Waals surface area contributed by atoms with Gasteiger partial charge in [-0.3, -0.25) is 9.48 Å². The number of anilines is 1.